The van der Waals surface area contributed by atoms with Crippen LogP contribution in [-0.4, -0.2) is 47.4 Å². The first-order valence-corrected chi connectivity index (χ1v) is 6.19. The number of aliphatic hydroxyl groups is 1. The molecule has 2 N–H and O–H groups in total. The molecule has 0 aliphatic carbocycles. The molecule has 1 rings (SSSR count). The van der Waals surface area contributed by atoms with E-state index in [1.165, 1.54) is 0 Å². The van der Waals surface area contributed by atoms with Crippen molar-refractivity contribution in [3.05, 3.63) is 17.5 Å². The second-order valence-electron chi connectivity index (χ2n) is 4.21. The van der Waals surface area contributed by atoms with Gasteiger partial charge in [-0.1, -0.05) is 19.0 Å². The van der Waals surface area contributed by atoms with E-state index in [1.807, 2.05) is 13.0 Å². The van der Waals surface area contributed by atoms with E-state index < -0.39 is 0 Å². The van der Waals surface area contributed by atoms with E-state index in [9.17, 15) is 5.11 Å². The van der Waals surface area contributed by atoms with Gasteiger partial charge in [-0.3, -0.25) is 0 Å². The minimum atomic E-state index is -0.348. The first-order valence-electron chi connectivity index (χ1n) is 6.19. The zero-order chi connectivity index (χ0) is 12.7. The van der Waals surface area contributed by atoms with Crippen molar-refractivity contribution in [1.82, 2.24) is 15.4 Å². The normalized spacial score (nSPS) is 13.2. The number of rotatable bonds is 8. The topological polar surface area (TPSA) is 61.5 Å². The molecule has 0 saturated carbocycles. The van der Waals surface area contributed by atoms with Crippen LogP contribution in [0.2, 0.25) is 0 Å². The molecule has 1 aromatic heterocycles. The van der Waals surface area contributed by atoms with Crippen LogP contribution in [0, 0.1) is 6.92 Å². The fraction of sp³-hybridized carbons (Fsp3) is 0.750. The van der Waals surface area contributed by atoms with Crippen molar-refractivity contribution < 1.29 is 9.63 Å². The Balaban J connectivity index is 2.17. The molecule has 0 bridgehead atoms. The van der Waals surface area contributed by atoms with Gasteiger partial charge in [-0.15, -0.1) is 0 Å². The van der Waals surface area contributed by atoms with Gasteiger partial charge in [-0.05, 0) is 20.0 Å². The predicted molar refractivity (Wildman–Crippen MR) is 66.7 cm³/mol. The Morgan fingerprint density at radius 1 is 1.47 bits per heavy atom. The van der Waals surface area contributed by atoms with Crippen molar-refractivity contribution in [2.45, 2.75) is 33.4 Å². The van der Waals surface area contributed by atoms with Crippen LogP contribution >= 0.6 is 0 Å². The van der Waals surface area contributed by atoms with Gasteiger partial charge >= 0.3 is 0 Å². The monoisotopic (exact) mass is 241 g/mol. The van der Waals surface area contributed by atoms with E-state index in [-0.39, 0.29) is 6.10 Å². The average molecular weight is 241 g/mol. The second kappa shape index (κ2) is 7.42. The van der Waals surface area contributed by atoms with Crippen LogP contribution in [0.3, 0.4) is 0 Å². The molecule has 1 aromatic rings. The number of hydrogen-bond acceptors (Lipinski definition) is 5. The van der Waals surface area contributed by atoms with E-state index in [0.717, 1.165) is 24.5 Å². The van der Waals surface area contributed by atoms with Gasteiger partial charge in [0, 0.05) is 19.2 Å². The molecule has 0 spiro atoms. The number of aliphatic hydroxyl groups excluding tert-OH is 1. The van der Waals surface area contributed by atoms with E-state index in [0.29, 0.717) is 19.6 Å². The number of nitrogens with zero attached hydrogens (tertiary/aromatic N) is 2. The van der Waals surface area contributed by atoms with Crippen LogP contribution in [0.4, 0.5) is 0 Å². The summed E-state index contributed by atoms with van der Waals surface area (Å²) in [5, 5.41) is 16.8. The fourth-order valence-electron chi connectivity index (χ4n) is 1.71. The molecule has 5 heteroatoms. The molecule has 0 aromatic carbocycles. The Kier molecular flexibility index (Phi) is 6.18. The Morgan fingerprint density at radius 3 is 2.71 bits per heavy atom. The predicted octanol–water partition coefficient (Wildman–Crippen LogP) is 0.775. The fourth-order valence-corrected chi connectivity index (χ4v) is 1.71. The maximum absolute atomic E-state index is 9.81. The van der Waals surface area contributed by atoms with Crippen LogP contribution < -0.4 is 5.32 Å². The lowest BCUT2D eigenvalue weighted by Crippen LogP contribution is -2.38. The summed E-state index contributed by atoms with van der Waals surface area (Å²) < 4.78 is 5.06. The van der Waals surface area contributed by atoms with Gasteiger partial charge in [-0.25, -0.2) is 0 Å². The molecular weight excluding hydrogens is 218 g/mol. The smallest absolute Gasteiger partial charge is 0.150 e. The molecule has 1 atom stereocenters. The number of hydrogen-bond donors (Lipinski definition) is 2. The Labute approximate surface area is 103 Å². The molecule has 17 heavy (non-hydrogen) atoms. The van der Waals surface area contributed by atoms with Gasteiger partial charge in [-0.2, -0.15) is 0 Å². The molecule has 0 fully saturated rings. The number of aryl methyl sites for hydroxylation is 1. The minimum absolute atomic E-state index is 0.348. The van der Waals surface area contributed by atoms with Crippen LogP contribution in [0.15, 0.2) is 10.6 Å². The molecule has 1 heterocycles. The lowest BCUT2D eigenvalue weighted by atomic mass is 10.3. The summed E-state index contributed by atoms with van der Waals surface area (Å²) in [5.41, 5.74) is 0.880. The third kappa shape index (κ3) is 5.30. The van der Waals surface area contributed by atoms with Crippen molar-refractivity contribution in [2.24, 2.45) is 0 Å². The average Bonchev–Trinajstić information content (AvgIpc) is 2.72. The van der Waals surface area contributed by atoms with Gasteiger partial charge in [0.25, 0.3) is 0 Å². The quantitative estimate of drug-likeness (QED) is 0.704. The Hall–Kier alpha value is -0.910. The molecule has 5 nitrogen and oxygen atoms in total. The molecule has 0 aliphatic rings. The molecular formula is C12H23N3O2. The van der Waals surface area contributed by atoms with E-state index in [1.54, 1.807) is 0 Å². The first kappa shape index (κ1) is 14.2. The summed E-state index contributed by atoms with van der Waals surface area (Å²) in [6.07, 6.45) is -0.348. The van der Waals surface area contributed by atoms with Crippen LogP contribution in [0.25, 0.3) is 0 Å². The highest BCUT2D eigenvalue weighted by Gasteiger charge is 2.08. The van der Waals surface area contributed by atoms with Gasteiger partial charge in [0.15, 0.2) is 5.76 Å². The zero-order valence-electron chi connectivity index (χ0n) is 10.9. The largest absolute Gasteiger partial charge is 0.390 e. The van der Waals surface area contributed by atoms with Gasteiger partial charge in [0.1, 0.15) is 0 Å². The molecule has 0 aliphatic heterocycles. The molecule has 98 valence electrons. The summed E-state index contributed by atoms with van der Waals surface area (Å²) in [4.78, 5) is 2.20. The SMILES string of the molecule is CCN(CC)CC(O)CNCc1cc(C)no1. The maximum atomic E-state index is 9.81. The van der Waals surface area contributed by atoms with Crippen LogP contribution in [0.1, 0.15) is 25.3 Å². The Bertz CT molecular complexity index is 310. The minimum Gasteiger partial charge on any atom is -0.390 e. The van der Waals surface area contributed by atoms with Gasteiger partial charge < -0.3 is 19.8 Å². The third-order valence-corrected chi connectivity index (χ3v) is 2.72. The number of nitrogens with one attached hydrogen (secondary N) is 1. The summed E-state index contributed by atoms with van der Waals surface area (Å²) in [6, 6.07) is 1.89. The highest BCUT2D eigenvalue weighted by atomic mass is 16.5. The lowest BCUT2D eigenvalue weighted by molar-refractivity contribution is 0.116. The molecule has 1 unspecified atom stereocenters. The highest BCUT2D eigenvalue weighted by Crippen LogP contribution is 2.01. The maximum Gasteiger partial charge on any atom is 0.150 e. The van der Waals surface area contributed by atoms with Crippen molar-refractivity contribution in [1.29, 1.82) is 0 Å². The van der Waals surface area contributed by atoms with Gasteiger partial charge in [0.05, 0.1) is 18.3 Å². The Morgan fingerprint density at radius 2 is 2.18 bits per heavy atom. The van der Waals surface area contributed by atoms with Gasteiger partial charge in [0.2, 0.25) is 0 Å². The van der Waals surface area contributed by atoms with Crippen molar-refractivity contribution in [3.8, 4) is 0 Å². The standard InChI is InChI=1S/C12H23N3O2/c1-4-15(5-2)9-11(16)7-13-8-12-6-10(3)14-17-12/h6,11,13,16H,4-5,7-9H2,1-3H3. The number of likely N-dealkylation sites (N-methyl/N-ethyl adjacent to an activating group) is 1. The first-order chi connectivity index (χ1) is 8.15. The van der Waals surface area contributed by atoms with E-state index in [2.05, 4.69) is 29.2 Å². The highest BCUT2D eigenvalue weighted by molar-refractivity contribution is 5.02. The summed E-state index contributed by atoms with van der Waals surface area (Å²) >= 11 is 0. The molecule has 0 radical (unpaired) electrons. The molecule has 0 amide bonds. The molecule has 0 saturated heterocycles. The van der Waals surface area contributed by atoms with E-state index in [4.69, 9.17) is 4.52 Å². The lowest BCUT2D eigenvalue weighted by Gasteiger charge is -2.21. The number of aromatic nitrogens is 1. The zero-order valence-corrected chi connectivity index (χ0v) is 10.9. The second-order valence-corrected chi connectivity index (χ2v) is 4.21. The van der Waals surface area contributed by atoms with Crippen molar-refractivity contribution in [2.75, 3.05) is 26.2 Å². The van der Waals surface area contributed by atoms with Crippen molar-refractivity contribution in [3.63, 3.8) is 0 Å². The summed E-state index contributed by atoms with van der Waals surface area (Å²) in [5.74, 6) is 0.803. The summed E-state index contributed by atoms with van der Waals surface area (Å²) in [7, 11) is 0. The third-order valence-electron chi connectivity index (χ3n) is 2.72. The van der Waals surface area contributed by atoms with E-state index >= 15 is 0 Å². The van der Waals surface area contributed by atoms with Crippen LogP contribution in [0.5, 0.6) is 0 Å². The summed E-state index contributed by atoms with van der Waals surface area (Å²) in [6.45, 7) is 9.90. The van der Waals surface area contributed by atoms with Crippen LogP contribution in [-0.2, 0) is 6.54 Å². The van der Waals surface area contributed by atoms with Crippen molar-refractivity contribution >= 4 is 0 Å².